The van der Waals surface area contributed by atoms with E-state index in [-0.39, 0.29) is 43.8 Å². The third-order valence-corrected chi connectivity index (χ3v) is 18.8. The number of aromatic nitrogens is 7. The first-order valence-corrected chi connectivity index (χ1v) is 31.7. The molecule has 0 unspecified atom stereocenters. The minimum absolute atomic E-state index is 0.0213. The highest BCUT2D eigenvalue weighted by molar-refractivity contribution is 7.90. The van der Waals surface area contributed by atoms with Gasteiger partial charge in [0.1, 0.15) is 33.9 Å². The zero-order valence-corrected chi connectivity index (χ0v) is 50.8. The Bertz CT molecular complexity index is 3740. The highest BCUT2D eigenvalue weighted by Crippen LogP contribution is 2.35. The number of thiazole rings is 1. The van der Waals surface area contributed by atoms with Crippen LogP contribution in [0.1, 0.15) is 141 Å². The van der Waals surface area contributed by atoms with Gasteiger partial charge in [0, 0.05) is 74.6 Å². The minimum Gasteiger partial charge on any atom is -0.479 e. The maximum absolute atomic E-state index is 14.5. The molecular formula is C61H75N13O9S2. The van der Waals surface area contributed by atoms with Gasteiger partial charge in [0.2, 0.25) is 33.6 Å². The molecule has 5 aromatic heterocycles. The SMILES string of the molecule is COc1nn(C)c2ccc([C@@H](C)NC(=O)[C@@H]3C[C@@H](O)CN3C(=O)[C@@H](NC(=O)CCCCCS(=O)(=O)NC(=O)c3nc(N4CCc5cccc(C(=O)Nc6nc7cccnc7s6)c5C4)ccc3-c3cnn(CC4CCCCC4)c3C)C(C)(C)C)cc12. The third kappa shape index (κ3) is 13.7. The molecule has 5 N–H and O–H groups in total. The zero-order valence-electron chi connectivity index (χ0n) is 49.2. The van der Waals surface area contributed by atoms with E-state index in [1.165, 1.54) is 42.6 Å². The van der Waals surface area contributed by atoms with Crippen LogP contribution in [0.3, 0.4) is 0 Å². The fourth-order valence-electron chi connectivity index (χ4n) is 11.9. The molecule has 10 rings (SSSR count). The van der Waals surface area contributed by atoms with E-state index < -0.39 is 69.0 Å². The number of carbonyl (C=O) groups excluding carboxylic acids is 5. The van der Waals surface area contributed by atoms with E-state index in [2.05, 4.69) is 35.7 Å². The molecule has 2 aromatic carbocycles. The molecule has 7 aromatic rings. The quantitative estimate of drug-likeness (QED) is 0.0461. The van der Waals surface area contributed by atoms with Gasteiger partial charge in [0.05, 0.1) is 42.1 Å². The van der Waals surface area contributed by atoms with Crippen LogP contribution in [0.4, 0.5) is 10.9 Å². The molecule has 85 heavy (non-hydrogen) atoms. The summed E-state index contributed by atoms with van der Waals surface area (Å²) < 4.78 is 39.0. The highest BCUT2D eigenvalue weighted by Gasteiger charge is 2.45. The van der Waals surface area contributed by atoms with Gasteiger partial charge in [-0.15, -0.1) is 5.10 Å². The van der Waals surface area contributed by atoms with Crippen LogP contribution in [-0.2, 0) is 51.0 Å². The largest absolute Gasteiger partial charge is 0.479 e. The summed E-state index contributed by atoms with van der Waals surface area (Å²) in [7, 11) is -0.877. The number of amides is 5. The Morgan fingerprint density at radius 1 is 0.929 bits per heavy atom. The number of likely N-dealkylation sites (tertiary alicyclic amines) is 1. The van der Waals surface area contributed by atoms with Crippen molar-refractivity contribution in [3.05, 3.63) is 107 Å². The second kappa shape index (κ2) is 25.4. The molecule has 2 fully saturated rings. The standard InChI is InChI=1S/C61H75N13O9S2/c1-36(40-22-24-48-44(30-40)57(83-7)69-71(48)6)64-55(78)49-31-41(75)34-73(49)59(80)53(61(3,4)5)67-51(76)21-12-9-13-29-85(81,82)70-56(79)52-42(45-32-63-74(37(45)2)33-38-16-10-8-11-17-38)23-25-50(66-52)72-28-26-39-18-14-19-43(46(39)35-72)54(77)68-60-65-47-20-15-27-62-58(47)84-60/h14-15,18-20,22-25,27,30,32,36,38,41,49,53,75H,8-13,16-17,21,26,28-29,31,33-35H2,1-7H3,(H,64,78)(H,67,76)(H,70,79)(H,65,68,77)/t36-,41-,49+,53-/m1/s1. The Kier molecular flexibility index (Phi) is 18.0. The molecule has 7 heterocycles. The molecule has 0 spiro atoms. The summed E-state index contributed by atoms with van der Waals surface area (Å²) in [5.41, 5.74) is 5.63. The van der Waals surface area contributed by atoms with Gasteiger partial charge in [-0.1, -0.05) is 76.0 Å². The number of hydrogen-bond acceptors (Lipinski definition) is 16. The van der Waals surface area contributed by atoms with E-state index in [4.69, 9.17) is 14.8 Å². The Morgan fingerprint density at radius 2 is 1.73 bits per heavy atom. The maximum Gasteiger partial charge on any atom is 0.284 e. The smallest absolute Gasteiger partial charge is 0.284 e. The lowest BCUT2D eigenvalue weighted by Gasteiger charge is -2.35. The van der Waals surface area contributed by atoms with Crippen molar-refractivity contribution in [2.45, 2.75) is 143 Å². The summed E-state index contributed by atoms with van der Waals surface area (Å²) >= 11 is 1.29. The van der Waals surface area contributed by atoms with Crippen LogP contribution >= 0.6 is 11.3 Å². The van der Waals surface area contributed by atoms with Crippen LogP contribution in [0.25, 0.3) is 32.4 Å². The second-order valence-electron chi connectivity index (χ2n) is 23.8. The Balaban J connectivity index is 0.777. The van der Waals surface area contributed by atoms with Gasteiger partial charge in [-0.25, -0.2) is 28.1 Å². The van der Waals surface area contributed by atoms with Gasteiger partial charge in [0.25, 0.3) is 11.8 Å². The number of anilines is 2. The monoisotopic (exact) mass is 1200 g/mol. The summed E-state index contributed by atoms with van der Waals surface area (Å²) in [4.78, 5) is 88.0. The number of hydrogen-bond donors (Lipinski definition) is 5. The van der Waals surface area contributed by atoms with Crippen LogP contribution in [0, 0.1) is 18.3 Å². The number of unbranched alkanes of at least 4 members (excludes halogenated alkanes) is 2. The molecule has 0 bridgehead atoms. The maximum atomic E-state index is 14.5. The first-order chi connectivity index (χ1) is 40.6. The molecule has 0 radical (unpaired) electrons. The molecule has 2 aliphatic heterocycles. The summed E-state index contributed by atoms with van der Waals surface area (Å²) in [5.74, 6) is -1.66. The van der Waals surface area contributed by atoms with Crippen molar-refractivity contribution in [3.8, 4) is 17.0 Å². The normalized spacial score (nSPS) is 17.4. The van der Waals surface area contributed by atoms with Gasteiger partial charge in [-0.3, -0.25) is 38.7 Å². The van der Waals surface area contributed by atoms with Gasteiger partial charge < -0.3 is 30.3 Å². The predicted molar refractivity (Wildman–Crippen MR) is 324 cm³/mol. The van der Waals surface area contributed by atoms with Crippen LogP contribution in [0.5, 0.6) is 5.88 Å². The fourth-order valence-corrected chi connectivity index (χ4v) is 13.8. The number of ether oxygens (including phenoxy) is 1. The number of β-amino-alcohol motifs (C(OH)–C–C–N with tert-alkyl or cyclic N) is 1. The number of benzene rings is 2. The number of rotatable bonds is 20. The molecule has 4 atom stereocenters. The van der Waals surface area contributed by atoms with Crippen LogP contribution in [0.2, 0.25) is 0 Å². The van der Waals surface area contributed by atoms with E-state index in [1.54, 1.807) is 56.0 Å². The van der Waals surface area contributed by atoms with Crippen molar-refractivity contribution in [2.75, 3.05) is 36.2 Å². The summed E-state index contributed by atoms with van der Waals surface area (Å²) in [6.45, 7) is 10.6. The minimum atomic E-state index is -4.23. The molecule has 3 aliphatic rings. The molecule has 450 valence electrons. The van der Waals surface area contributed by atoms with Gasteiger partial charge in [-0.05, 0) is 116 Å². The third-order valence-electron chi connectivity index (χ3n) is 16.6. The summed E-state index contributed by atoms with van der Waals surface area (Å²) in [6, 6.07) is 16.0. The number of sulfonamides is 1. The number of nitrogens with one attached hydrogen (secondary N) is 4. The highest BCUT2D eigenvalue weighted by atomic mass is 32.2. The van der Waals surface area contributed by atoms with Crippen molar-refractivity contribution in [1.29, 1.82) is 0 Å². The first-order valence-electron chi connectivity index (χ1n) is 29.2. The van der Waals surface area contributed by atoms with E-state index in [1.807, 2.05) is 72.9 Å². The molecule has 1 saturated carbocycles. The number of pyridine rings is 2. The summed E-state index contributed by atoms with van der Waals surface area (Å²) in [5, 5.41) is 30.0. The Morgan fingerprint density at radius 3 is 2.49 bits per heavy atom. The molecule has 1 aliphatic carbocycles. The first kappa shape index (κ1) is 60.3. The summed E-state index contributed by atoms with van der Waals surface area (Å²) in [6.07, 6.45) is 9.51. The van der Waals surface area contributed by atoms with Crippen LogP contribution < -0.4 is 30.3 Å². The number of methoxy groups -OCH3 is 1. The van der Waals surface area contributed by atoms with Gasteiger partial charge in [0.15, 0.2) is 5.13 Å². The lowest BCUT2D eigenvalue weighted by Crippen LogP contribution is -2.57. The van der Waals surface area contributed by atoms with E-state index >= 15 is 0 Å². The zero-order chi connectivity index (χ0) is 60.3. The average molecular weight is 1200 g/mol. The second-order valence-corrected chi connectivity index (χ2v) is 26.6. The molecule has 5 amide bonds. The number of fused-ring (bicyclic) bond motifs is 3. The number of aliphatic hydroxyl groups excluding tert-OH is 1. The Hall–Kier alpha value is -7.83. The van der Waals surface area contributed by atoms with Crippen molar-refractivity contribution in [3.63, 3.8) is 0 Å². The van der Waals surface area contributed by atoms with E-state index in [0.29, 0.717) is 75.7 Å². The van der Waals surface area contributed by atoms with E-state index in [9.17, 15) is 37.5 Å². The Labute approximate surface area is 498 Å². The van der Waals surface area contributed by atoms with E-state index in [0.717, 1.165) is 52.7 Å². The molecule has 22 nitrogen and oxygen atoms in total. The predicted octanol–water partition coefficient (Wildman–Crippen LogP) is 7.54. The van der Waals surface area contributed by atoms with Gasteiger partial charge >= 0.3 is 0 Å². The molecule has 24 heteroatoms. The van der Waals surface area contributed by atoms with Crippen LogP contribution in [0.15, 0.2) is 73.1 Å². The number of nitrogens with zero attached hydrogens (tertiary/aromatic N) is 9. The topological polar surface area (TPSA) is 278 Å². The van der Waals surface area contributed by atoms with Crippen LogP contribution in [-0.4, -0.2) is 127 Å². The number of aliphatic hydroxyl groups is 1. The number of aryl methyl sites for hydroxylation is 1. The van der Waals surface area contributed by atoms with Crippen molar-refractivity contribution in [1.82, 2.24) is 54.8 Å². The lowest BCUT2D eigenvalue weighted by molar-refractivity contribution is -0.144. The van der Waals surface area contributed by atoms with Crippen molar-refractivity contribution < 1.29 is 42.2 Å². The lowest BCUT2D eigenvalue weighted by atomic mass is 9.85. The number of carbonyl (C=O) groups is 5. The average Bonchev–Trinajstić information content (AvgIpc) is 4.31. The fraction of sp³-hybridized carbons (Fsp3) is 0.475. The van der Waals surface area contributed by atoms with Crippen molar-refractivity contribution in [2.24, 2.45) is 18.4 Å². The van der Waals surface area contributed by atoms with Gasteiger partial charge in [-0.2, -0.15) is 5.10 Å². The van der Waals surface area contributed by atoms with Crippen molar-refractivity contribution >= 4 is 83.1 Å². The molecule has 1 saturated heterocycles. The molecular weight excluding hydrogens is 1120 g/mol.